The molecule has 3 aromatic rings. The lowest BCUT2D eigenvalue weighted by Gasteiger charge is -2.03. The first-order chi connectivity index (χ1) is 11.6. The lowest BCUT2D eigenvalue weighted by Crippen LogP contribution is -2.14. The van der Waals surface area contributed by atoms with Crippen molar-refractivity contribution in [2.75, 3.05) is 11.1 Å². The average Bonchev–Trinajstić information content (AvgIpc) is 2.99. The van der Waals surface area contributed by atoms with Crippen molar-refractivity contribution in [2.24, 2.45) is 0 Å². The van der Waals surface area contributed by atoms with Crippen molar-refractivity contribution in [2.45, 2.75) is 11.9 Å². The molecule has 1 N–H and O–H groups in total. The fourth-order valence-corrected chi connectivity index (χ4v) is 3.30. The van der Waals surface area contributed by atoms with Gasteiger partial charge in [0.15, 0.2) is 0 Å². The van der Waals surface area contributed by atoms with Gasteiger partial charge in [0.1, 0.15) is 10.0 Å². The highest BCUT2D eigenvalue weighted by Crippen LogP contribution is 2.22. The Labute approximate surface area is 155 Å². The predicted octanol–water partition coefficient (Wildman–Crippen LogP) is 3.80. The van der Waals surface area contributed by atoms with Gasteiger partial charge in [-0.05, 0) is 31.2 Å². The molecule has 0 bridgehead atoms. The highest BCUT2D eigenvalue weighted by molar-refractivity contribution is 9.10. The molecule has 0 unspecified atom stereocenters. The van der Waals surface area contributed by atoms with E-state index in [0.717, 1.165) is 20.7 Å². The molecule has 6 nitrogen and oxygen atoms in total. The lowest BCUT2D eigenvalue weighted by atomic mass is 10.1. The summed E-state index contributed by atoms with van der Waals surface area (Å²) >= 11 is 6.07. The molecule has 122 valence electrons. The van der Waals surface area contributed by atoms with Crippen molar-refractivity contribution in [3.8, 4) is 11.3 Å². The normalized spacial score (nSPS) is 10.6. The second kappa shape index (κ2) is 7.82. The topological polar surface area (TPSA) is 80.7 Å². The summed E-state index contributed by atoms with van der Waals surface area (Å²) < 4.78 is 1.02. The van der Waals surface area contributed by atoms with Crippen LogP contribution in [0.5, 0.6) is 0 Å². The fraction of sp³-hybridized carbons (Fsp3) is 0.133. The maximum absolute atomic E-state index is 11.9. The fourth-order valence-electron chi connectivity index (χ4n) is 1.81. The number of aryl methyl sites for hydroxylation is 1. The van der Waals surface area contributed by atoms with Gasteiger partial charge in [-0.2, -0.15) is 0 Å². The second-order valence-corrected chi connectivity index (χ2v) is 7.82. The first-order valence-electron chi connectivity index (χ1n) is 6.92. The van der Waals surface area contributed by atoms with Crippen LogP contribution in [0.25, 0.3) is 11.3 Å². The summed E-state index contributed by atoms with van der Waals surface area (Å²) in [5.74, 6) is 0.0974. The zero-order valence-electron chi connectivity index (χ0n) is 12.6. The number of halogens is 1. The summed E-state index contributed by atoms with van der Waals surface area (Å²) in [7, 11) is 0. The quantitative estimate of drug-likeness (QED) is 0.630. The Morgan fingerprint density at radius 2 is 1.92 bits per heavy atom. The molecular weight excluding hydrogens is 410 g/mol. The number of rotatable bonds is 5. The van der Waals surface area contributed by atoms with E-state index in [-0.39, 0.29) is 11.7 Å². The van der Waals surface area contributed by atoms with E-state index in [9.17, 15) is 4.79 Å². The molecule has 24 heavy (non-hydrogen) atoms. The Morgan fingerprint density at radius 3 is 2.54 bits per heavy atom. The minimum absolute atomic E-state index is 0.144. The highest BCUT2D eigenvalue weighted by Gasteiger charge is 2.08. The van der Waals surface area contributed by atoms with Crippen molar-refractivity contribution < 1.29 is 4.79 Å². The molecule has 0 aliphatic rings. The van der Waals surface area contributed by atoms with Crippen molar-refractivity contribution in [3.63, 3.8) is 0 Å². The Hall–Kier alpha value is -1.84. The van der Waals surface area contributed by atoms with Crippen molar-refractivity contribution in [1.82, 2.24) is 20.4 Å². The van der Waals surface area contributed by atoms with Crippen molar-refractivity contribution in [1.29, 1.82) is 0 Å². The molecule has 1 amide bonds. The van der Waals surface area contributed by atoms with E-state index in [1.54, 1.807) is 0 Å². The van der Waals surface area contributed by atoms with Crippen LogP contribution in [0.3, 0.4) is 0 Å². The van der Waals surface area contributed by atoms with Crippen molar-refractivity contribution >= 4 is 50.1 Å². The molecule has 0 fully saturated rings. The number of benzene rings is 1. The number of nitrogens with zero attached hydrogens (tertiary/aromatic N) is 4. The van der Waals surface area contributed by atoms with E-state index in [1.165, 1.54) is 23.1 Å². The number of hydrogen-bond acceptors (Lipinski definition) is 7. The maximum Gasteiger partial charge on any atom is 0.236 e. The number of carbonyl (C=O) groups excluding carboxylic acids is 1. The molecule has 3 rings (SSSR count). The third-order valence-corrected chi connectivity index (χ3v) is 5.11. The molecule has 2 aromatic heterocycles. The van der Waals surface area contributed by atoms with E-state index in [0.29, 0.717) is 10.2 Å². The molecule has 0 radical (unpaired) electrons. The second-order valence-electron chi connectivity index (χ2n) is 4.73. The van der Waals surface area contributed by atoms with Crippen LogP contribution in [0.4, 0.5) is 5.13 Å². The highest BCUT2D eigenvalue weighted by atomic mass is 79.9. The maximum atomic E-state index is 11.9. The summed E-state index contributed by atoms with van der Waals surface area (Å²) in [5.41, 5.74) is 1.78. The minimum atomic E-state index is -0.144. The number of hydrogen-bond donors (Lipinski definition) is 1. The van der Waals surface area contributed by atoms with Gasteiger partial charge >= 0.3 is 0 Å². The summed E-state index contributed by atoms with van der Waals surface area (Å²) in [6.07, 6.45) is 0. The molecule has 0 atom stereocenters. The SMILES string of the molecule is Cc1nnc(NC(=O)CSc2ccc(-c3ccc(Br)cc3)nn2)s1. The molecule has 1 aromatic carbocycles. The first kappa shape index (κ1) is 17.0. The molecule has 9 heteroatoms. The van der Waals surface area contributed by atoms with Crippen LogP contribution in [-0.2, 0) is 4.79 Å². The van der Waals surface area contributed by atoms with Gasteiger partial charge in [0.2, 0.25) is 11.0 Å². The predicted molar refractivity (Wildman–Crippen MR) is 99.2 cm³/mol. The van der Waals surface area contributed by atoms with Crippen LogP contribution in [0.2, 0.25) is 0 Å². The largest absolute Gasteiger partial charge is 0.300 e. The standard InChI is InChI=1S/C15H12BrN5OS2/c1-9-18-21-15(24-9)17-13(22)8-23-14-7-6-12(19-20-14)10-2-4-11(16)5-3-10/h2-7H,8H2,1H3,(H,17,21,22). The van der Waals surface area contributed by atoms with Crippen LogP contribution in [0.15, 0.2) is 45.9 Å². The van der Waals surface area contributed by atoms with Gasteiger partial charge in [0.05, 0.1) is 11.4 Å². The van der Waals surface area contributed by atoms with Gasteiger partial charge in [0, 0.05) is 10.0 Å². The average molecular weight is 422 g/mol. The Balaban J connectivity index is 1.56. The summed E-state index contributed by atoms with van der Waals surface area (Å²) in [6, 6.07) is 11.6. The van der Waals surface area contributed by atoms with Gasteiger partial charge in [-0.1, -0.05) is 51.2 Å². The molecule has 0 aliphatic carbocycles. The third kappa shape index (κ3) is 4.59. The van der Waals surface area contributed by atoms with Crippen LogP contribution in [-0.4, -0.2) is 32.1 Å². The van der Waals surface area contributed by atoms with Crippen LogP contribution in [0.1, 0.15) is 5.01 Å². The summed E-state index contributed by atoms with van der Waals surface area (Å²) in [5, 5.41) is 20.8. The Bertz CT molecular complexity index is 836. The monoisotopic (exact) mass is 421 g/mol. The van der Waals surface area contributed by atoms with Gasteiger partial charge in [-0.3, -0.25) is 10.1 Å². The van der Waals surface area contributed by atoms with Crippen LogP contribution in [0, 0.1) is 6.92 Å². The zero-order valence-corrected chi connectivity index (χ0v) is 15.8. The Kier molecular flexibility index (Phi) is 5.54. The van der Waals surface area contributed by atoms with Crippen molar-refractivity contribution in [3.05, 3.63) is 45.9 Å². The van der Waals surface area contributed by atoms with Gasteiger partial charge in [-0.15, -0.1) is 20.4 Å². The molecular formula is C15H12BrN5OS2. The van der Waals surface area contributed by atoms with E-state index in [2.05, 4.69) is 41.6 Å². The number of thioether (sulfide) groups is 1. The number of nitrogens with one attached hydrogen (secondary N) is 1. The lowest BCUT2D eigenvalue weighted by molar-refractivity contribution is -0.113. The van der Waals surface area contributed by atoms with Crippen LogP contribution < -0.4 is 5.32 Å². The van der Waals surface area contributed by atoms with Gasteiger partial charge in [0.25, 0.3) is 0 Å². The third-order valence-electron chi connectivity index (χ3n) is 2.90. The summed E-state index contributed by atoms with van der Waals surface area (Å²) in [4.78, 5) is 11.9. The Morgan fingerprint density at radius 1 is 1.12 bits per heavy atom. The van der Waals surface area contributed by atoms with E-state index in [4.69, 9.17) is 0 Å². The number of anilines is 1. The number of aromatic nitrogens is 4. The molecule has 0 spiro atoms. The first-order valence-corrected chi connectivity index (χ1v) is 9.52. The summed E-state index contributed by atoms with van der Waals surface area (Å²) in [6.45, 7) is 1.84. The molecule has 0 aliphatic heterocycles. The minimum Gasteiger partial charge on any atom is -0.300 e. The number of carbonyl (C=O) groups is 1. The number of amides is 1. The molecule has 0 saturated carbocycles. The van der Waals surface area contributed by atoms with E-state index < -0.39 is 0 Å². The molecule has 2 heterocycles. The van der Waals surface area contributed by atoms with E-state index in [1.807, 2.05) is 43.3 Å². The molecule has 0 saturated heterocycles. The smallest absolute Gasteiger partial charge is 0.236 e. The van der Waals surface area contributed by atoms with Gasteiger partial charge < -0.3 is 0 Å². The van der Waals surface area contributed by atoms with Gasteiger partial charge in [-0.25, -0.2) is 0 Å². The zero-order chi connectivity index (χ0) is 16.9. The van der Waals surface area contributed by atoms with E-state index >= 15 is 0 Å². The van der Waals surface area contributed by atoms with Crippen LogP contribution >= 0.6 is 39.0 Å².